The monoisotopic (exact) mass is 1060 g/mol. The fourth-order valence-electron chi connectivity index (χ4n) is 7.14. The summed E-state index contributed by atoms with van der Waals surface area (Å²) in [6.45, 7) is 15.4. The number of nitrogens with zero attached hydrogens (tertiary/aromatic N) is 8. The SMILES string of the molecule is CCC(CC(C)c1cc[n+](CCCCCC(=O)NCCCn2ccnc2)cc1)c1ccncc1.Cc1ccnc(-c2cc(C)ccn2)c1.Cc1ccnc(-c2cc(C)ccn2)c1.[Cl][Os]. The Morgan fingerprint density at radius 2 is 1.17 bits per heavy atom. The Labute approximate surface area is 395 Å². The molecule has 0 aliphatic rings. The Kier molecular flexibility index (Phi) is 23.2. The van der Waals surface area contributed by atoms with Crippen LogP contribution in [0.25, 0.3) is 22.8 Å². The molecular formula is C52H64ClN9OOs+. The zero-order valence-electron chi connectivity index (χ0n) is 38.2. The van der Waals surface area contributed by atoms with Gasteiger partial charge in [0.15, 0.2) is 12.4 Å². The van der Waals surface area contributed by atoms with E-state index in [0.717, 1.165) is 80.9 Å². The first-order valence-corrected chi connectivity index (χ1v) is 25.3. The Bertz CT molecular complexity index is 2190. The van der Waals surface area contributed by atoms with Gasteiger partial charge >= 0.3 is 27.2 Å². The van der Waals surface area contributed by atoms with Crippen molar-refractivity contribution in [3.05, 3.63) is 174 Å². The van der Waals surface area contributed by atoms with Gasteiger partial charge in [-0.1, -0.05) is 13.8 Å². The Balaban J connectivity index is 0.000000243. The summed E-state index contributed by atoms with van der Waals surface area (Å²) >= 11 is 1.33. The third-order valence-electron chi connectivity index (χ3n) is 10.8. The molecule has 7 rings (SSSR count). The van der Waals surface area contributed by atoms with Crippen molar-refractivity contribution < 1.29 is 27.0 Å². The van der Waals surface area contributed by atoms with Crippen LogP contribution in [0.4, 0.5) is 0 Å². The van der Waals surface area contributed by atoms with Gasteiger partial charge in [0.05, 0.1) is 29.1 Å². The van der Waals surface area contributed by atoms with Crippen LogP contribution >= 0.6 is 9.64 Å². The van der Waals surface area contributed by atoms with Crippen molar-refractivity contribution >= 4 is 15.5 Å². The number of amides is 1. The first kappa shape index (κ1) is 51.1. The second-order valence-corrected chi connectivity index (χ2v) is 16.1. The number of hydrogen-bond donors (Lipinski definition) is 1. The van der Waals surface area contributed by atoms with Crippen LogP contribution in [0.2, 0.25) is 0 Å². The third kappa shape index (κ3) is 18.7. The van der Waals surface area contributed by atoms with Gasteiger partial charge in [0.2, 0.25) is 5.91 Å². The molecule has 0 fully saturated rings. The standard InChI is InChI=1S/C28H39N5O.2C12H12N2.ClH.Os/c1-3-25(27-9-14-29-15-10-27)22-24(2)26-11-19-32(20-12-26)17-6-4-5-8-28(34)31-13-7-18-33-21-16-30-23-33;2*1-9-3-5-13-11(7-9)12-8-10(2)4-6-14-12;;/h9-12,14-16,19-21,23-25H,3-8,13,17-18,22H2,1-2H3;2*3-8H,1-2H3;1H;/q;;;;+1. The van der Waals surface area contributed by atoms with Gasteiger partial charge in [-0.3, -0.25) is 29.7 Å². The predicted octanol–water partition coefficient (Wildman–Crippen LogP) is 11.2. The molecular weight excluding hydrogens is 992 g/mol. The molecule has 10 nitrogen and oxygen atoms in total. The van der Waals surface area contributed by atoms with Gasteiger partial charge in [0, 0.05) is 87.6 Å². The maximum absolute atomic E-state index is 12.0. The fourth-order valence-corrected chi connectivity index (χ4v) is 7.14. The average molecular weight is 1060 g/mol. The molecule has 0 saturated heterocycles. The third-order valence-corrected chi connectivity index (χ3v) is 10.8. The van der Waals surface area contributed by atoms with Crippen LogP contribution in [0.5, 0.6) is 0 Å². The molecule has 1 N–H and O–H groups in total. The van der Waals surface area contributed by atoms with E-state index in [2.05, 4.69) is 128 Å². The first-order chi connectivity index (χ1) is 31.2. The molecule has 0 aliphatic heterocycles. The molecule has 0 aromatic carbocycles. The van der Waals surface area contributed by atoms with Crippen molar-refractivity contribution in [3.8, 4) is 22.8 Å². The minimum atomic E-state index is 0.161. The normalized spacial score (nSPS) is 11.4. The van der Waals surface area contributed by atoms with E-state index in [9.17, 15) is 4.79 Å². The van der Waals surface area contributed by atoms with Crippen molar-refractivity contribution in [1.29, 1.82) is 0 Å². The second-order valence-electron chi connectivity index (χ2n) is 16.1. The quantitative estimate of drug-likeness (QED) is 0.0713. The number of pyridine rings is 6. The average Bonchev–Trinajstić information content (AvgIpc) is 3.85. The van der Waals surface area contributed by atoms with Gasteiger partial charge in [0.25, 0.3) is 0 Å². The van der Waals surface area contributed by atoms with Crippen LogP contribution in [0.3, 0.4) is 0 Å². The van der Waals surface area contributed by atoms with E-state index in [1.807, 2.05) is 96.5 Å². The summed E-state index contributed by atoms with van der Waals surface area (Å²) in [4.78, 5) is 37.3. The number of imidazole rings is 1. The van der Waals surface area contributed by atoms with Crippen molar-refractivity contribution in [3.63, 3.8) is 0 Å². The van der Waals surface area contributed by atoms with Crippen molar-refractivity contribution in [2.24, 2.45) is 0 Å². The van der Waals surface area contributed by atoms with Crippen molar-refractivity contribution in [1.82, 2.24) is 39.8 Å². The summed E-state index contributed by atoms with van der Waals surface area (Å²) in [5.74, 6) is 1.25. The molecule has 64 heavy (non-hydrogen) atoms. The van der Waals surface area contributed by atoms with Crippen molar-refractivity contribution in [2.75, 3.05) is 6.54 Å². The maximum atomic E-state index is 12.0. The van der Waals surface area contributed by atoms with Crippen molar-refractivity contribution in [2.45, 2.75) is 111 Å². The van der Waals surface area contributed by atoms with E-state index in [4.69, 9.17) is 0 Å². The number of unbranched alkanes of at least 4 members (excludes halogenated alkanes) is 2. The summed E-state index contributed by atoms with van der Waals surface area (Å²) in [6, 6.07) is 24.9. The van der Waals surface area contributed by atoms with E-state index >= 15 is 0 Å². The molecule has 1 amide bonds. The van der Waals surface area contributed by atoms with Gasteiger partial charge in [-0.2, -0.15) is 0 Å². The van der Waals surface area contributed by atoms with Crippen LogP contribution in [-0.2, 0) is 35.5 Å². The zero-order valence-corrected chi connectivity index (χ0v) is 41.5. The fraction of sp³-hybridized carbons (Fsp3) is 0.346. The molecule has 7 heterocycles. The van der Waals surface area contributed by atoms with Gasteiger partial charge in [-0.05, 0) is 166 Å². The second kappa shape index (κ2) is 29.0. The first-order valence-electron chi connectivity index (χ1n) is 22.1. The number of halogens is 1. The zero-order chi connectivity index (χ0) is 45.9. The number of nitrogens with one attached hydrogen (secondary N) is 1. The molecule has 337 valence electrons. The predicted molar refractivity (Wildman–Crippen MR) is 255 cm³/mol. The van der Waals surface area contributed by atoms with E-state index in [0.29, 0.717) is 18.3 Å². The van der Waals surface area contributed by atoms with Crippen LogP contribution < -0.4 is 9.88 Å². The summed E-state index contributed by atoms with van der Waals surface area (Å²) in [5, 5.41) is 3.02. The molecule has 12 heteroatoms. The van der Waals surface area contributed by atoms with Gasteiger partial charge in [-0.25, -0.2) is 9.55 Å². The van der Waals surface area contributed by atoms with Crippen LogP contribution in [-0.4, -0.2) is 46.9 Å². The number of hydrogen-bond acceptors (Lipinski definition) is 7. The van der Waals surface area contributed by atoms with Gasteiger partial charge in [-0.15, -0.1) is 0 Å². The van der Waals surface area contributed by atoms with E-state index in [1.54, 1.807) is 12.5 Å². The molecule has 2 unspecified atom stereocenters. The number of carbonyl (C=O) groups is 1. The van der Waals surface area contributed by atoms with E-state index in [1.165, 1.54) is 51.0 Å². The molecule has 7 aromatic rings. The molecule has 0 radical (unpaired) electrons. The topological polar surface area (TPSA) is 115 Å². The van der Waals surface area contributed by atoms with Crippen LogP contribution in [0, 0.1) is 27.7 Å². The summed E-state index contributed by atoms with van der Waals surface area (Å²) < 4.78 is 4.29. The molecule has 2 atom stereocenters. The Morgan fingerprint density at radius 3 is 1.62 bits per heavy atom. The summed E-state index contributed by atoms with van der Waals surface area (Å²) in [6.07, 6.45) is 27.9. The summed E-state index contributed by atoms with van der Waals surface area (Å²) in [7, 11) is 4.67. The minimum absolute atomic E-state index is 0.161. The van der Waals surface area contributed by atoms with Gasteiger partial charge in [0.1, 0.15) is 6.54 Å². The molecule has 0 bridgehead atoms. The Hall–Kier alpha value is -5.49. The van der Waals surface area contributed by atoms with E-state index < -0.39 is 0 Å². The molecule has 7 aromatic heterocycles. The molecule has 0 aliphatic carbocycles. The van der Waals surface area contributed by atoms with Crippen LogP contribution in [0.1, 0.15) is 104 Å². The number of carbonyl (C=O) groups excluding carboxylic acids is 1. The number of aromatic nitrogens is 8. The van der Waals surface area contributed by atoms with Gasteiger partial charge < -0.3 is 9.88 Å². The molecule has 0 saturated carbocycles. The summed E-state index contributed by atoms with van der Waals surface area (Å²) in [5.41, 5.74) is 11.4. The number of aryl methyl sites for hydroxylation is 6. The Morgan fingerprint density at radius 1 is 0.656 bits per heavy atom. The number of rotatable bonds is 17. The molecule has 0 spiro atoms. The van der Waals surface area contributed by atoms with E-state index in [-0.39, 0.29) is 5.91 Å². The van der Waals surface area contributed by atoms with Crippen LogP contribution in [0.15, 0.2) is 141 Å².